The van der Waals surface area contributed by atoms with Gasteiger partial charge in [-0.3, -0.25) is 0 Å². The molecule has 0 saturated heterocycles. The first-order valence-corrected chi connectivity index (χ1v) is 4.73. The van der Waals surface area contributed by atoms with Gasteiger partial charge in [0.15, 0.2) is 11.6 Å². The van der Waals surface area contributed by atoms with Gasteiger partial charge >= 0.3 is 10.4 Å². The van der Waals surface area contributed by atoms with Gasteiger partial charge in [0.1, 0.15) is 5.82 Å². The van der Waals surface area contributed by atoms with E-state index in [1.807, 2.05) is 0 Å². The van der Waals surface area contributed by atoms with Gasteiger partial charge in [0.25, 0.3) is 0 Å². The quantitative estimate of drug-likeness (QED) is 0.775. The molecule has 0 bridgehead atoms. The second kappa shape index (κ2) is 3.89. The third-order valence-electron chi connectivity index (χ3n) is 1.29. The molecular formula is C7H6F2O4S. The van der Waals surface area contributed by atoms with E-state index in [2.05, 4.69) is 8.37 Å². The molecule has 0 aromatic heterocycles. The van der Waals surface area contributed by atoms with E-state index in [-0.39, 0.29) is 0 Å². The molecular weight excluding hydrogens is 218 g/mol. The molecule has 0 amide bonds. The lowest BCUT2D eigenvalue weighted by molar-refractivity contribution is 0.324. The molecule has 4 nitrogen and oxygen atoms in total. The first-order chi connectivity index (χ1) is 6.44. The van der Waals surface area contributed by atoms with Gasteiger partial charge in [-0.05, 0) is 12.1 Å². The van der Waals surface area contributed by atoms with Crippen LogP contribution in [0.15, 0.2) is 18.2 Å². The molecule has 0 atom stereocenters. The van der Waals surface area contributed by atoms with E-state index in [1.54, 1.807) is 0 Å². The fourth-order valence-electron chi connectivity index (χ4n) is 0.687. The molecule has 1 aromatic carbocycles. The van der Waals surface area contributed by atoms with E-state index < -0.39 is 27.8 Å². The summed E-state index contributed by atoms with van der Waals surface area (Å²) in [7, 11) is -3.41. The van der Waals surface area contributed by atoms with Crippen molar-refractivity contribution in [1.82, 2.24) is 0 Å². The number of benzene rings is 1. The van der Waals surface area contributed by atoms with E-state index in [1.165, 1.54) is 0 Å². The maximum atomic E-state index is 12.8. The minimum absolute atomic E-state index is 0.501. The molecule has 0 aliphatic carbocycles. The van der Waals surface area contributed by atoms with E-state index in [4.69, 9.17) is 0 Å². The first kappa shape index (κ1) is 10.9. The average Bonchev–Trinajstić information content (AvgIpc) is 2.10. The molecule has 0 radical (unpaired) electrons. The van der Waals surface area contributed by atoms with Crippen LogP contribution in [-0.2, 0) is 14.6 Å². The summed E-state index contributed by atoms with van der Waals surface area (Å²) < 4.78 is 54.7. The predicted octanol–water partition coefficient (Wildman–Crippen LogP) is 1.23. The van der Waals surface area contributed by atoms with Crippen LogP contribution >= 0.6 is 0 Å². The van der Waals surface area contributed by atoms with Crippen LogP contribution in [0.5, 0.6) is 5.75 Å². The zero-order valence-electron chi connectivity index (χ0n) is 7.03. The highest BCUT2D eigenvalue weighted by atomic mass is 32.3. The second-order valence-electron chi connectivity index (χ2n) is 2.23. The highest BCUT2D eigenvalue weighted by Crippen LogP contribution is 2.19. The zero-order chi connectivity index (χ0) is 10.8. The van der Waals surface area contributed by atoms with Crippen LogP contribution in [0.2, 0.25) is 0 Å². The maximum Gasteiger partial charge on any atom is 0.448 e. The van der Waals surface area contributed by atoms with Crippen molar-refractivity contribution in [2.45, 2.75) is 0 Å². The molecule has 0 fully saturated rings. The van der Waals surface area contributed by atoms with Crippen LogP contribution in [0.1, 0.15) is 0 Å². The van der Waals surface area contributed by atoms with Crippen molar-refractivity contribution in [3.05, 3.63) is 29.8 Å². The normalized spacial score (nSPS) is 11.4. The third-order valence-corrected chi connectivity index (χ3v) is 2.08. The Hall–Kier alpha value is -1.21. The summed E-state index contributed by atoms with van der Waals surface area (Å²) in [6.45, 7) is 0. The minimum Gasteiger partial charge on any atom is -0.359 e. The van der Waals surface area contributed by atoms with Crippen LogP contribution < -0.4 is 4.18 Å². The van der Waals surface area contributed by atoms with Gasteiger partial charge in [0, 0.05) is 6.07 Å². The summed E-state index contributed by atoms with van der Waals surface area (Å²) in [4.78, 5) is 0. The predicted molar refractivity (Wildman–Crippen MR) is 42.9 cm³/mol. The lowest BCUT2D eigenvalue weighted by Gasteiger charge is -2.04. The minimum atomic E-state index is -4.27. The fraction of sp³-hybridized carbons (Fsp3) is 0.143. The average molecular weight is 224 g/mol. The standard InChI is InChI=1S/C7H6F2O4S/c1-12-14(10,11)13-7-3-2-5(8)4-6(7)9/h2-4H,1H3. The molecule has 0 aliphatic heterocycles. The van der Waals surface area contributed by atoms with E-state index >= 15 is 0 Å². The van der Waals surface area contributed by atoms with Gasteiger partial charge < -0.3 is 4.18 Å². The maximum absolute atomic E-state index is 12.8. The highest BCUT2D eigenvalue weighted by molar-refractivity contribution is 7.82. The van der Waals surface area contributed by atoms with Gasteiger partial charge in [-0.25, -0.2) is 13.0 Å². The molecule has 0 spiro atoms. The monoisotopic (exact) mass is 224 g/mol. The Balaban J connectivity index is 2.99. The van der Waals surface area contributed by atoms with Gasteiger partial charge in [-0.2, -0.15) is 8.42 Å². The Bertz CT molecular complexity index is 429. The van der Waals surface area contributed by atoms with E-state index in [0.717, 1.165) is 19.2 Å². The Morgan fingerprint density at radius 3 is 2.43 bits per heavy atom. The molecule has 0 N–H and O–H groups in total. The molecule has 1 aromatic rings. The Morgan fingerprint density at radius 1 is 1.29 bits per heavy atom. The Labute approximate surface area is 79.4 Å². The summed E-state index contributed by atoms with van der Waals surface area (Å²) in [5.41, 5.74) is 0. The van der Waals surface area contributed by atoms with Crippen LogP contribution in [0.25, 0.3) is 0 Å². The topological polar surface area (TPSA) is 52.6 Å². The van der Waals surface area contributed by atoms with E-state index in [0.29, 0.717) is 6.07 Å². The summed E-state index contributed by atoms with van der Waals surface area (Å²) in [5, 5.41) is 0. The van der Waals surface area contributed by atoms with Gasteiger partial charge in [-0.1, -0.05) is 0 Å². The van der Waals surface area contributed by atoms with Gasteiger partial charge in [0.05, 0.1) is 7.11 Å². The van der Waals surface area contributed by atoms with Crippen molar-refractivity contribution < 1.29 is 25.6 Å². The Kier molecular flexibility index (Phi) is 3.02. The summed E-state index contributed by atoms with van der Waals surface area (Å²) in [6.07, 6.45) is 0. The highest BCUT2D eigenvalue weighted by Gasteiger charge is 2.14. The molecule has 7 heteroatoms. The number of hydrogen-bond donors (Lipinski definition) is 0. The first-order valence-electron chi connectivity index (χ1n) is 3.40. The second-order valence-corrected chi connectivity index (χ2v) is 3.55. The Morgan fingerprint density at radius 2 is 1.93 bits per heavy atom. The van der Waals surface area contributed by atoms with E-state index in [9.17, 15) is 17.2 Å². The molecule has 0 saturated carbocycles. The SMILES string of the molecule is COS(=O)(=O)Oc1ccc(F)cc1F. The molecule has 0 heterocycles. The largest absolute Gasteiger partial charge is 0.448 e. The third kappa shape index (κ3) is 2.64. The lowest BCUT2D eigenvalue weighted by atomic mass is 10.3. The van der Waals surface area contributed by atoms with Crippen molar-refractivity contribution in [3.8, 4) is 5.75 Å². The van der Waals surface area contributed by atoms with Gasteiger partial charge in [-0.15, -0.1) is 0 Å². The van der Waals surface area contributed by atoms with Crippen LogP contribution in [-0.4, -0.2) is 15.5 Å². The van der Waals surface area contributed by atoms with Crippen molar-refractivity contribution in [2.75, 3.05) is 7.11 Å². The number of hydrogen-bond acceptors (Lipinski definition) is 4. The van der Waals surface area contributed by atoms with Crippen LogP contribution in [0.4, 0.5) is 8.78 Å². The van der Waals surface area contributed by atoms with Gasteiger partial charge in [0.2, 0.25) is 0 Å². The summed E-state index contributed by atoms with van der Waals surface area (Å²) in [6, 6.07) is 2.21. The zero-order valence-corrected chi connectivity index (χ0v) is 7.85. The van der Waals surface area contributed by atoms with Crippen molar-refractivity contribution >= 4 is 10.4 Å². The van der Waals surface area contributed by atoms with Crippen molar-refractivity contribution in [2.24, 2.45) is 0 Å². The number of rotatable bonds is 3. The number of halogens is 2. The smallest absolute Gasteiger partial charge is 0.359 e. The van der Waals surface area contributed by atoms with Crippen molar-refractivity contribution in [3.63, 3.8) is 0 Å². The van der Waals surface area contributed by atoms with Crippen molar-refractivity contribution in [1.29, 1.82) is 0 Å². The van der Waals surface area contributed by atoms with Crippen LogP contribution in [0.3, 0.4) is 0 Å². The molecule has 78 valence electrons. The molecule has 14 heavy (non-hydrogen) atoms. The lowest BCUT2D eigenvalue weighted by Crippen LogP contribution is -2.11. The summed E-state index contributed by atoms with van der Waals surface area (Å²) in [5.74, 6) is -2.57. The van der Waals surface area contributed by atoms with Crippen LogP contribution in [0, 0.1) is 11.6 Å². The molecule has 1 rings (SSSR count). The molecule has 0 aliphatic rings. The summed E-state index contributed by atoms with van der Waals surface area (Å²) >= 11 is 0. The molecule has 0 unspecified atom stereocenters. The fourth-order valence-corrected chi connectivity index (χ4v) is 1.11.